The fourth-order valence-corrected chi connectivity index (χ4v) is 2.66. The topological polar surface area (TPSA) is 62.8 Å². The van der Waals surface area contributed by atoms with Crippen molar-refractivity contribution in [3.63, 3.8) is 0 Å². The summed E-state index contributed by atoms with van der Waals surface area (Å²) in [6, 6.07) is 9.57. The minimum atomic E-state index is 0.0988. The molecule has 2 aromatic rings. The molecule has 1 heterocycles. The molecule has 0 unspecified atom stereocenters. The van der Waals surface area contributed by atoms with E-state index in [1.165, 1.54) is 5.56 Å². The van der Waals surface area contributed by atoms with Gasteiger partial charge in [-0.05, 0) is 36.2 Å². The highest BCUT2D eigenvalue weighted by Gasteiger charge is 2.04. The van der Waals surface area contributed by atoms with Crippen molar-refractivity contribution >= 4 is 29.2 Å². The number of halogens is 1. The van der Waals surface area contributed by atoms with Gasteiger partial charge in [0.2, 0.25) is 0 Å². The number of aryl methyl sites for hydroxylation is 1. The number of benzene rings is 1. The summed E-state index contributed by atoms with van der Waals surface area (Å²) < 4.78 is 0. The minimum Gasteiger partial charge on any atom is -0.384 e. The fourth-order valence-electron chi connectivity index (χ4n) is 1.62. The summed E-state index contributed by atoms with van der Waals surface area (Å²) in [4.78, 5) is 4.25. The zero-order valence-corrected chi connectivity index (χ0v) is 12.1. The number of hydrogen-bond donors (Lipinski definition) is 2. The lowest BCUT2D eigenvalue weighted by molar-refractivity contribution is 1.13. The van der Waals surface area contributed by atoms with Crippen LogP contribution in [0.2, 0.25) is 5.02 Å². The van der Waals surface area contributed by atoms with Crippen LogP contribution in [-0.2, 0) is 5.75 Å². The Hall–Kier alpha value is -1.52. The van der Waals surface area contributed by atoms with Gasteiger partial charge < -0.3 is 5.73 Å². The van der Waals surface area contributed by atoms with Gasteiger partial charge in [0.05, 0.1) is 10.0 Å². The van der Waals surface area contributed by atoms with Crippen LogP contribution in [0.25, 0.3) is 0 Å². The molecule has 3 N–H and O–H groups in total. The maximum absolute atomic E-state index is 7.41. The molecule has 5 heteroatoms. The normalized spacial score (nSPS) is 10.4. The van der Waals surface area contributed by atoms with Crippen molar-refractivity contribution < 1.29 is 0 Å². The van der Waals surface area contributed by atoms with E-state index in [0.717, 1.165) is 21.9 Å². The first-order chi connectivity index (χ1) is 9.06. The van der Waals surface area contributed by atoms with Gasteiger partial charge in [-0.25, -0.2) is 4.98 Å². The second-order valence-electron chi connectivity index (χ2n) is 4.16. The second kappa shape index (κ2) is 6.08. The number of rotatable bonds is 4. The number of pyridine rings is 1. The Morgan fingerprint density at radius 2 is 2.16 bits per heavy atom. The van der Waals surface area contributed by atoms with Crippen LogP contribution in [0, 0.1) is 12.3 Å². The van der Waals surface area contributed by atoms with Crippen LogP contribution in [0.3, 0.4) is 0 Å². The smallest absolute Gasteiger partial charge is 0.122 e. The van der Waals surface area contributed by atoms with Crippen molar-refractivity contribution in [2.45, 2.75) is 17.7 Å². The highest BCUT2D eigenvalue weighted by Crippen LogP contribution is 2.24. The first-order valence-corrected chi connectivity index (χ1v) is 7.11. The van der Waals surface area contributed by atoms with E-state index in [1.54, 1.807) is 18.0 Å². The van der Waals surface area contributed by atoms with Crippen molar-refractivity contribution in [2.24, 2.45) is 5.73 Å². The van der Waals surface area contributed by atoms with Gasteiger partial charge in [0.1, 0.15) is 5.84 Å². The molecule has 1 aromatic carbocycles. The van der Waals surface area contributed by atoms with E-state index in [-0.39, 0.29) is 5.84 Å². The average molecular weight is 292 g/mol. The molecule has 0 saturated carbocycles. The van der Waals surface area contributed by atoms with Crippen LogP contribution in [0.5, 0.6) is 0 Å². The van der Waals surface area contributed by atoms with Gasteiger partial charge in [-0.3, -0.25) is 5.41 Å². The summed E-state index contributed by atoms with van der Waals surface area (Å²) in [5, 5.41) is 9.00. The molecule has 0 spiro atoms. The number of hydrogen-bond acceptors (Lipinski definition) is 3. The number of nitrogen functional groups attached to an aromatic ring is 1. The Bertz CT molecular complexity index is 596. The summed E-state index contributed by atoms with van der Waals surface area (Å²) in [5.41, 5.74) is 8.58. The molecule has 0 aliphatic carbocycles. The van der Waals surface area contributed by atoms with Crippen LogP contribution in [0.15, 0.2) is 41.6 Å². The molecule has 0 saturated heterocycles. The number of aromatic nitrogens is 1. The molecule has 98 valence electrons. The molecule has 0 radical (unpaired) electrons. The molecule has 0 amide bonds. The summed E-state index contributed by atoms with van der Waals surface area (Å²) >= 11 is 7.45. The van der Waals surface area contributed by atoms with Gasteiger partial charge >= 0.3 is 0 Å². The van der Waals surface area contributed by atoms with Crippen molar-refractivity contribution in [2.75, 3.05) is 0 Å². The van der Waals surface area contributed by atoms with E-state index in [9.17, 15) is 0 Å². The van der Waals surface area contributed by atoms with Gasteiger partial charge in [0.25, 0.3) is 0 Å². The number of nitrogens with zero attached hydrogens (tertiary/aromatic N) is 1. The minimum absolute atomic E-state index is 0.0988. The lowest BCUT2D eigenvalue weighted by atomic mass is 10.1. The van der Waals surface area contributed by atoms with Crippen molar-refractivity contribution in [1.82, 2.24) is 4.98 Å². The summed E-state index contributed by atoms with van der Waals surface area (Å²) in [7, 11) is 0. The second-order valence-corrected chi connectivity index (χ2v) is 5.59. The van der Waals surface area contributed by atoms with Crippen LogP contribution in [-0.4, -0.2) is 10.8 Å². The zero-order chi connectivity index (χ0) is 13.8. The number of amidine groups is 1. The molecule has 19 heavy (non-hydrogen) atoms. The molecule has 0 aliphatic heterocycles. The molecule has 0 fully saturated rings. The van der Waals surface area contributed by atoms with E-state index in [1.807, 2.05) is 37.3 Å². The molecule has 0 aliphatic rings. The van der Waals surface area contributed by atoms with Gasteiger partial charge in [-0.15, -0.1) is 11.8 Å². The number of thioether (sulfide) groups is 1. The van der Waals surface area contributed by atoms with E-state index in [4.69, 9.17) is 22.7 Å². The Morgan fingerprint density at radius 1 is 1.37 bits per heavy atom. The Labute approximate surface area is 121 Å². The molecule has 2 rings (SSSR count). The van der Waals surface area contributed by atoms with Crippen LogP contribution < -0.4 is 5.73 Å². The molecular formula is C14H14ClN3S. The molecule has 3 nitrogen and oxygen atoms in total. The van der Waals surface area contributed by atoms with Crippen LogP contribution in [0.4, 0.5) is 0 Å². The van der Waals surface area contributed by atoms with Gasteiger partial charge in [-0.2, -0.15) is 0 Å². The lowest BCUT2D eigenvalue weighted by Crippen LogP contribution is -2.11. The predicted octanol–water partition coefficient (Wildman–Crippen LogP) is 3.62. The Balaban J connectivity index is 2.07. The summed E-state index contributed by atoms with van der Waals surface area (Å²) in [6.07, 6.45) is 1.65. The highest BCUT2D eigenvalue weighted by molar-refractivity contribution is 7.98. The van der Waals surface area contributed by atoms with E-state index in [0.29, 0.717) is 5.02 Å². The van der Waals surface area contributed by atoms with Crippen molar-refractivity contribution in [1.29, 1.82) is 5.41 Å². The third-order valence-electron chi connectivity index (χ3n) is 2.73. The SMILES string of the molecule is Cc1cc(C(=N)N)ccc1CSc1ccc(Cl)cn1. The molecule has 0 bridgehead atoms. The maximum atomic E-state index is 7.41. The van der Waals surface area contributed by atoms with Crippen molar-refractivity contribution in [3.05, 3.63) is 58.2 Å². The summed E-state index contributed by atoms with van der Waals surface area (Å²) in [5.74, 6) is 0.931. The quantitative estimate of drug-likeness (QED) is 0.514. The number of nitrogens with two attached hydrogens (primary N) is 1. The first-order valence-electron chi connectivity index (χ1n) is 5.74. The van der Waals surface area contributed by atoms with Crippen LogP contribution in [0.1, 0.15) is 16.7 Å². The standard InChI is InChI=1S/C14H14ClN3S/c1-9-6-10(14(16)17)2-3-11(9)8-19-13-5-4-12(15)7-18-13/h2-7H,8H2,1H3,(H3,16,17). The van der Waals surface area contributed by atoms with Crippen molar-refractivity contribution in [3.8, 4) is 0 Å². The van der Waals surface area contributed by atoms with Gasteiger partial charge in [0.15, 0.2) is 0 Å². The van der Waals surface area contributed by atoms with Gasteiger partial charge in [-0.1, -0.05) is 23.7 Å². The highest BCUT2D eigenvalue weighted by atomic mass is 35.5. The van der Waals surface area contributed by atoms with Crippen LogP contribution >= 0.6 is 23.4 Å². The Morgan fingerprint density at radius 3 is 2.74 bits per heavy atom. The number of nitrogens with one attached hydrogen (secondary N) is 1. The summed E-state index contributed by atoms with van der Waals surface area (Å²) in [6.45, 7) is 2.03. The maximum Gasteiger partial charge on any atom is 0.122 e. The molecular weight excluding hydrogens is 278 g/mol. The molecule has 1 aromatic heterocycles. The van der Waals surface area contributed by atoms with E-state index < -0.39 is 0 Å². The van der Waals surface area contributed by atoms with E-state index >= 15 is 0 Å². The predicted molar refractivity (Wildman–Crippen MR) is 81.0 cm³/mol. The van der Waals surface area contributed by atoms with Gasteiger partial charge in [0, 0.05) is 17.5 Å². The Kier molecular flexibility index (Phi) is 4.45. The monoisotopic (exact) mass is 291 g/mol. The largest absolute Gasteiger partial charge is 0.384 e. The van der Waals surface area contributed by atoms with E-state index in [2.05, 4.69) is 4.98 Å². The lowest BCUT2D eigenvalue weighted by Gasteiger charge is -2.07. The zero-order valence-electron chi connectivity index (χ0n) is 10.5. The fraction of sp³-hybridized carbons (Fsp3) is 0.143. The third kappa shape index (κ3) is 3.72. The third-order valence-corrected chi connectivity index (χ3v) is 3.95. The molecule has 0 atom stereocenters. The average Bonchev–Trinajstić information content (AvgIpc) is 2.39. The first kappa shape index (κ1) is 13.9.